The standard InChI is InChI=1S/C10H20N2O/c1-8(2)10(13)12-6-4-5-11-7-9(12)3/h8-9,11H,4-7H2,1-3H3/t9-/m1/s1. The Labute approximate surface area is 80.5 Å². The lowest BCUT2D eigenvalue weighted by molar-refractivity contribution is -0.136. The summed E-state index contributed by atoms with van der Waals surface area (Å²) in [6.45, 7) is 8.91. The summed E-state index contributed by atoms with van der Waals surface area (Å²) in [6, 6.07) is 0.345. The van der Waals surface area contributed by atoms with Crippen molar-refractivity contribution < 1.29 is 4.79 Å². The monoisotopic (exact) mass is 184 g/mol. The molecule has 76 valence electrons. The van der Waals surface area contributed by atoms with Crippen LogP contribution in [-0.2, 0) is 4.79 Å². The van der Waals surface area contributed by atoms with Gasteiger partial charge < -0.3 is 10.2 Å². The molecule has 1 saturated heterocycles. The first-order chi connectivity index (χ1) is 6.13. The number of carbonyl (C=O) groups is 1. The highest BCUT2D eigenvalue weighted by molar-refractivity contribution is 5.78. The van der Waals surface area contributed by atoms with Crippen LogP contribution in [-0.4, -0.2) is 36.5 Å². The molecule has 3 nitrogen and oxygen atoms in total. The number of carbonyl (C=O) groups excluding carboxylic acids is 1. The minimum atomic E-state index is 0.126. The predicted octanol–water partition coefficient (Wildman–Crippen LogP) is 0.853. The molecular formula is C10H20N2O. The van der Waals surface area contributed by atoms with Crippen molar-refractivity contribution in [1.29, 1.82) is 0 Å². The first-order valence-electron chi connectivity index (χ1n) is 5.14. The molecule has 1 aliphatic rings. The minimum absolute atomic E-state index is 0.126. The molecule has 13 heavy (non-hydrogen) atoms. The molecule has 1 rings (SSSR count). The normalized spacial score (nSPS) is 24.6. The van der Waals surface area contributed by atoms with Crippen molar-refractivity contribution in [3.63, 3.8) is 0 Å². The zero-order valence-corrected chi connectivity index (χ0v) is 8.84. The molecule has 0 aromatic carbocycles. The Hall–Kier alpha value is -0.570. The van der Waals surface area contributed by atoms with Gasteiger partial charge in [0.15, 0.2) is 0 Å². The van der Waals surface area contributed by atoms with E-state index in [1.807, 2.05) is 18.7 Å². The molecule has 0 unspecified atom stereocenters. The van der Waals surface area contributed by atoms with E-state index in [4.69, 9.17) is 0 Å². The maximum absolute atomic E-state index is 11.8. The van der Waals surface area contributed by atoms with Gasteiger partial charge in [-0.3, -0.25) is 4.79 Å². The van der Waals surface area contributed by atoms with Crippen LogP contribution in [0.4, 0.5) is 0 Å². The number of hydrogen-bond acceptors (Lipinski definition) is 2. The maximum Gasteiger partial charge on any atom is 0.225 e. The van der Waals surface area contributed by atoms with Crippen LogP contribution in [0.5, 0.6) is 0 Å². The van der Waals surface area contributed by atoms with Crippen LogP contribution in [0, 0.1) is 5.92 Å². The molecule has 0 aliphatic carbocycles. The van der Waals surface area contributed by atoms with Gasteiger partial charge in [0.25, 0.3) is 0 Å². The molecule has 1 fully saturated rings. The average Bonchev–Trinajstić information content (AvgIpc) is 2.28. The van der Waals surface area contributed by atoms with Crippen molar-refractivity contribution in [3.05, 3.63) is 0 Å². The van der Waals surface area contributed by atoms with Crippen molar-refractivity contribution in [1.82, 2.24) is 10.2 Å². The van der Waals surface area contributed by atoms with Gasteiger partial charge in [-0.1, -0.05) is 13.8 Å². The summed E-state index contributed by atoms with van der Waals surface area (Å²) in [5.41, 5.74) is 0. The van der Waals surface area contributed by atoms with Gasteiger partial charge in [0, 0.05) is 25.0 Å². The second-order valence-corrected chi connectivity index (χ2v) is 4.09. The number of nitrogens with zero attached hydrogens (tertiary/aromatic N) is 1. The molecule has 0 aromatic heterocycles. The van der Waals surface area contributed by atoms with Crippen molar-refractivity contribution in [2.45, 2.75) is 33.2 Å². The summed E-state index contributed by atoms with van der Waals surface area (Å²) in [4.78, 5) is 13.8. The fraction of sp³-hybridized carbons (Fsp3) is 0.900. The van der Waals surface area contributed by atoms with E-state index in [1.165, 1.54) is 0 Å². The summed E-state index contributed by atoms with van der Waals surface area (Å²) in [7, 11) is 0. The third-order valence-corrected chi connectivity index (χ3v) is 2.50. The van der Waals surface area contributed by atoms with Gasteiger partial charge in [0.2, 0.25) is 5.91 Å². The first-order valence-corrected chi connectivity index (χ1v) is 5.14. The van der Waals surface area contributed by atoms with Crippen LogP contribution in [0.1, 0.15) is 27.2 Å². The Morgan fingerprint density at radius 1 is 1.54 bits per heavy atom. The van der Waals surface area contributed by atoms with E-state index in [1.54, 1.807) is 0 Å². The number of hydrogen-bond donors (Lipinski definition) is 1. The van der Waals surface area contributed by atoms with E-state index in [0.29, 0.717) is 6.04 Å². The van der Waals surface area contributed by atoms with E-state index >= 15 is 0 Å². The topological polar surface area (TPSA) is 32.3 Å². The summed E-state index contributed by atoms with van der Waals surface area (Å²) in [5, 5.41) is 3.33. The van der Waals surface area contributed by atoms with Gasteiger partial charge in [0.05, 0.1) is 0 Å². The molecule has 1 heterocycles. The van der Waals surface area contributed by atoms with Crippen LogP contribution >= 0.6 is 0 Å². The van der Waals surface area contributed by atoms with E-state index in [0.717, 1.165) is 26.1 Å². The van der Waals surface area contributed by atoms with Gasteiger partial charge in [0.1, 0.15) is 0 Å². The molecule has 0 radical (unpaired) electrons. The van der Waals surface area contributed by atoms with Crippen LogP contribution in [0.25, 0.3) is 0 Å². The lowest BCUT2D eigenvalue weighted by Crippen LogP contribution is -2.43. The zero-order chi connectivity index (χ0) is 9.84. The molecule has 0 spiro atoms. The maximum atomic E-state index is 11.8. The molecule has 0 aromatic rings. The van der Waals surface area contributed by atoms with Crippen LogP contribution in [0.3, 0.4) is 0 Å². The van der Waals surface area contributed by atoms with Crippen molar-refractivity contribution in [2.24, 2.45) is 5.92 Å². The fourth-order valence-electron chi connectivity index (χ4n) is 1.67. The van der Waals surface area contributed by atoms with Crippen molar-refractivity contribution >= 4 is 5.91 Å². The largest absolute Gasteiger partial charge is 0.338 e. The van der Waals surface area contributed by atoms with Gasteiger partial charge in [-0.15, -0.1) is 0 Å². The molecule has 1 N–H and O–H groups in total. The molecule has 1 amide bonds. The second-order valence-electron chi connectivity index (χ2n) is 4.09. The Morgan fingerprint density at radius 2 is 2.23 bits per heavy atom. The summed E-state index contributed by atoms with van der Waals surface area (Å²) in [6.07, 6.45) is 1.07. The highest BCUT2D eigenvalue weighted by Crippen LogP contribution is 2.08. The third-order valence-electron chi connectivity index (χ3n) is 2.50. The minimum Gasteiger partial charge on any atom is -0.338 e. The predicted molar refractivity (Wildman–Crippen MR) is 53.5 cm³/mol. The third kappa shape index (κ3) is 2.69. The molecule has 1 aliphatic heterocycles. The quantitative estimate of drug-likeness (QED) is 0.655. The van der Waals surface area contributed by atoms with Gasteiger partial charge in [-0.25, -0.2) is 0 Å². The highest BCUT2D eigenvalue weighted by atomic mass is 16.2. The molecule has 3 heteroatoms. The van der Waals surface area contributed by atoms with E-state index in [9.17, 15) is 4.79 Å². The van der Waals surface area contributed by atoms with Crippen LogP contribution in [0.15, 0.2) is 0 Å². The Kier molecular flexibility index (Phi) is 3.72. The number of nitrogens with one attached hydrogen (secondary N) is 1. The van der Waals surface area contributed by atoms with E-state index < -0.39 is 0 Å². The van der Waals surface area contributed by atoms with Crippen molar-refractivity contribution in [2.75, 3.05) is 19.6 Å². The van der Waals surface area contributed by atoms with Gasteiger partial charge >= 0.3 is 0 Å². The first kappa shape index (κ1) is 10.5. The lowest BCUT2D eigenvalue weighted by atomic mass is 10.1. The van der Waals surface area contributed by atoms with E-state index in [2.05, 4.69) is 12.2 Å². The Bertz CT molecular complexity index is 180. The molecule has 0 saturated carbocycles. The summed E-state index contributed by atoms with van der Waals surface area (Å²) >= 11 is 0. The van der Waals surface area contributed by atoms with E-state index in [-0.39, 0.29) is 11.8 Å². The average molecular weight is 184 g/mol. The number of amides is 1. The summed E-state index contributed by atoms with van der Waals surface area (Å²) in [5.74, 6) is 0.414. The molecule has 1 atom stereocenters. The molecular weight excluding hydrogens is 164 g/mol. The Balaban J connectivity index is 2.58. The second kappa shape index (κ2) is 4.61. The SMILES string of the molecule is CC(C)C(=O)N1CCCNC[C@H]1C. The van der Waals surface area contributed by atoms with Crippen LogP contribution in [0.2, 0.25) is 0 Å². The smallest absolute Gasteiger partial charge is 0.225 e. The fourth-order valence-corrected chi connectivity index (χ4v) is 1.67. The van der Waals surface area contributed by atoms with Crippen LogP contribution < -0.4 is 5.32 Å². The molecule has 0 bridgehead atoms. The number of rotatable bonds is 1. The van der Waals surface area contributed by atoms with Gasteiger partial charge in [-0.2, -0.15) is 0 Å². The van der Waals surface area contributed by atoms with Crippen molar-refractivity contribution in [3.8, 4) is 0 Å². The highest BCUT2D eigenvalue weighted by Gasteiger charge is 2.23. The zero-order valence-electron chi connectivity index (χ0n) is 8.84. The van der Waals surface area contributed by atoms with Gasteiger partial charge in [-0.05, 0) is 19.9 Å². The Morgan fingerprint density at radius 3 is 2.85 bits per heavy atom. The lowest BCUT2D eigenvalue weighted by Gasteiger charge is -2.28. The summed E-state index contributed by atoms with van der Waals surface area (Å²) < 4.78 is 0.